The summed E-state index contributed by atoms with van der Waals surface area (Å²) < 4.78 is 1.10. The van der Waals surface area contributed by atoms with Crippen molar-refractivity contribution in [2.75, 3.05) is 20.1 Å². The van der Waals surface area contributed by atoms with Crippen LogP contribution in [0, 0.1) is 0 Å². The maximum absolute atomic E-state index is 12.3. The fraction of sp³-hybridized carbons (Fsp3) is 0.615. The average molecular weight is 331 g/mol. The summed E-state index contributed by atoms with van der Waals surface area (Å²) in [7, 11) is 1.89. The van der Waals surface area contributed by atoms with Gasteiger partial charge in [-0.3, -0.25) is 0 Å². The number of carbonyl (C=O) groups is 1. The maximum atomic E-state index is 12.3. The molecule has 1 aromatic rings. The molecule has 2 rings (SSSR count). The topological polar surface area (TPSA) is 23.6 Å². The van der Waals surface area contributed by atoms with E-state index in [4.69, 9.17) is 0 Å². The molecule has 0 N–H and O–H groups in total. The quantitative estimate of drug-likeness (QED) is 0.805. The van der Waals surface area contributed by atoms with Crippen LogP contribution >= 0.6 is 27.3 Å². The first-order valence-electron chi connectivity index (χ1n) is 6.40. The van der Waals surface area contributed by atoms with Gasteiger partial charge in [-0.25, -0.2) is 4.79 Å². The molecule has 0 unspecified atom stereocenters. The van der Waals surface area contributed by atoms with E-state index in [2.05, 4.69) is 27.4 Å². The Morgan fingerprint density at radius 2 is 2.06 bits per heavy atom. The van der Waals surface area contributed by atoms with Crippen LogP contribution in [-0.2, 0) is 6.54 Å². The van der Waals surface area contributed by atoms with Crippen molar-refractivity contribution < 1.29 is 4.79 Å². The Balaban J connectivity index is 1.91. The van der Waals surface area contributed by atoms with Gasteiger partial charge in [0.25, 0.3) is 0 Å². The van der Waals surface area contributed by atoms with Crippen LogP contribution in [-0.4, -0.2) is 36.0 Å². The Kier molecular flexibility index (Phi) is 5.06. The number of urea groups is 1. The van der Waals surface area contributed by atoms with E-state index in [-0.39, 0.29) is 6.03 Å². The Bertz CT molecular complexity index is 399. The third-order valence-electron chi connectivity index (χ3n) is 3.22. The molecule has 2 amide bonds. The highest BCUT2D eigenvalue weighted by atomic mass is 79.9. The number of nitrogens with zero attached hydrogens (tertiary/aromatic N) is 2. The largest absolute Gasteiger partial charge is 0.325 e. The van der Waals surface area contributed by atoms with Crippen LogP contribution < -0.4 is 0 Å². The second kappa shape index (κ2) is 6.57. The number of halogens is 1. The van der Waals surface area contributed by atoms with Gasteiger partial charge in [0, 0.05) is 34.9 Å². The van der Waals surface area contributed by atoms with E-state index in [1.807, 2.05) is 16.8 Å². The summed E-state index contributed by atoms with van der Waals surface area (Å²) in [5, 5.41) is 2.06. The van der Waals surface area contributed by atoms with E-state index >= 15 is 0 Å². The van der Waals surface area contributed by atoms with Crippen molar-refractivity contribution in [1.82, 2.24) is 9.80 Å². The molecule has 100 valence electrons. The standard InChI is InChI=1S/C13H19BrN2OS/c1-15(9-12-8-11(14)10-18-12)13(17)16-6-4-2-3-5-7-16/h8,10H,2-7,9H2,1H3. The molecule has 0 radical (unpaired) electrons. The molecule has 2 heterocycles. The Hall–Kier alpha value is -0.550. The summed E-state index contributed by atoms with van der Waals surface area (Å²) in [6, 6.07) is 2.25. The van der Waals surface area contributed by atoms with Crippen molar-refractivity contribution in [2.45, 2.75) is 32.2 Å². The number of likely N-dealkylation sites (tertiary alicyclic amines) is 1. The fourth-order valence-electron chi connectivity index (χ4n) is 2.24. The van der Waals surface area contributed by atoms with E-state index in [0.29, 0.717) is 6.54 Å². The van der Waals surface area contributed by atoms with Gasteiger partial charge in [-0.2, -0.15) is 0 Å². The molecule has 1 aliphatic heterocycles. The first-order chi connectivity index (χ1) is 8.66. The lowest BCUT2D eigenvalue weighted by Crippen LogP contribution is -2.41. The minimum absolute atomic E-state index is 0.168. The second-order valence-electron chi connectivity index (χ2n) is 4.77. The first kappa shape index (κ1) is 13.9. The number of carbonyl (C=O) groups excluding carboxylic acids is 1. The van der Waals surface area contributed by atoms with E-state index < -0.39 is 0 Å². The molecule has 18 heavy (non-hydrogen) atoms. The lowest BCUT2D eigenvalue weighted by molar-refractivity contribution is 0.163. The molecule has 5 heteroatoms. The zero-order chi connectivity index (χ0) is 13.0. The molecule has 0 aromatic carbocycles. The zero-order valence-corrected chi connectivity index (χ0v) is 13.1. The highest BCUT2D eigenvalue weighted by Crippen LogP contribution is 2.21. The smallest absolute Gasteiger partial charge is 0.320 e. The highest BCUT2D eigenvalue weighted by molar-refractivity contribution is 9.10. The van der Waals surface area contributed by atoms with Crippen LogP contribution in [0.5, 0.6) is 0 Å². The summed E-state index contributed by atoms with van der Waals surface area (Å²) in [6.45, 7) is 2.53. The molecule has 1 saturated heterocycles. The Morgan fingerprint density at radius 3 is 2.61 bits per heavy atom. The third-order valence-corrected chi connectivity index (χ3v) is 4.90. The molecule has 1 aliphatic rings. The van der Waals surface area contributed by atoms with Gasteiger partial charge in [0.1, 0.15) is 0 Å². The normalized spacial score (nSPS) is 16.4. The van der Waals surface area contributed by atoms with Gasteiger partial charge in [-0.1, -0.05) is 12.8 Å². The Morgan fingerprint density at radius 1 is 1.39 bits per heavy atom. The predicted octanol–water partition coefficient (Wildman–Crippen LogP) is 3.94. The highest BCUT2D eigenvalue weighted by Gasteiger charge is 2.19. The SMILES string of the molecule is CN(Cc1cc(Br)cs1)C(=O)N1CCCCCC1. The van der Waals surface area contributed by atoms with Crippen LogP contribution in [0.2, 0.25) is 0 Å². The van der Waals surface area contributed by atoms with Gasteiger partial charge >= 0.3 is 6.03 Å². The van der Waals surface area contributed by atoms with Gasteiger partial charge in [0.2, 0.25) is 0 Å². The lowest BCUT2D eigenvalue weighted by Gasteiger charge is -2.26. The molecule has 0 spiro atoms. The van der Waals surface area contributed by atoms with Crippen molar-refractivity contribution >= 4 is 33.3 Å². The molecule has 0 bridgehead atoms. The van der Waals surface area contributed by atoms with Crippen LogP contribution in [0.3, 0.4) is 0 Å². The molecule has 0 saturated carbocycles. The van der Waals surface area contributed by atoms with E-state index in [0.717, 1.165) is 30.4 Å². The lowest BCUT2D eigenvalue weighted by atomic mass is 10.2. The zero-order valence-electron chi connectivity index (χ0n) is 10.7. The van der Waals surface area contributed by atoms with Crippen molar-refractivity contribution in [3.05, 3.63) is 20.8 Å². The predicted molar refractivity (Wildman–Crippen MR) is 78.9 cm³/mol. The maximum Gasteiger partial charge on any atom is 0.320 e. The van der Waals surface area contributed by atoms with Crippen LogP contribution in [0.1, 0.15) is 30.6 Å². The van der Waals surface area contributed by atoms with Crippen molar-refractivity contribution in [2.24, 2.45) is 0 Å². The Labute approximate surface area is 121 Å². The van der Waals surface area contributed by atoms with Crippen molar-refractivity contribution in [3.8, 4) is 0 Å². The molecule has 3 nitrogen and oxygen atoms in total. The molecule has 1 aromatic heterocycles. The van der Waals surface area contributed by atoms with Gasteiger partial charge in [0.15, 0.2) is 0 Å². The van der Waals surface area contributed by atoms with E-state index in [9.17, 15) is 4.79 Å². The monoisotopic (exact) mass is 330 g/mol. The fourth-order valence-corrected chi connectivity index (χ4v) is 3.74. The van der Waals surface area contributed by atoms with Crippen molar-refractivity contribution in [3.63, 3.8) is 0 Å². The van der Waals surface area contributed by atoms with E-state index in [1.54, 1.807) is 11.3 Å². The molecule has 0 atom stereocenters. The van der Waals surface area contributed by atoms with Crippen molar-refractivity contribution in [1.29, 1.82) is 0 Å². The number of hydrogen-bond acceptors (Lipinski definition) is 2. The number of amides is 2. The number of rotatable bonds is 2. The molecular weight excluding hydrogens is 312 g/mol. The van der Waals surface area contributed by atoms with Gasteiger partial charge in [-0.05, 0) is 34.8 Å². The van der Waals surface area contributed by atoms with Crippen LogP contribution in [0.25, 0.3) is 0 Å². The summed E-state index contributed by atoms with van der Waals surface area (Å²) in [5.74, 6) is 0. The van der Waals surface area contributed by atoms with Crippen LogP contribution in [0.15, 0.2) is 15.9 Å². The molecule has 0 aliphatic carbocycles. The number of hydrogen-bond donors (Lipinski definition) is 0. The first-order valence-corrected chi connectivity index (χ1v) is 8.07. The van der Waals surface area contributed by atoms with E-state index in [1.165, 1.54) is 17.7 Å². The number of thiophene rings is 1. The summed E-state index contributed by atoms with van der Waals surface area (Å²) in [5.41, 5.74) is 0. The second-order valence-corrected chi connectivity index (χ2v) is 6.68. The van der Waals surface area contributed by atoms with Crippen LogP contribution in [0.4, 0.5) is 4.79 Å². The van der Waals surface area contributed by atoms with Gasteiger partial charge in [-0.15, -0.1) is 11.3 Å². The molecule has 1 fully saturated rings. The summed E-state index contributed by atoms with van der Waals surface area (Å²) in [4.78, 5) is 17.3. The summed E-state index contributed by atoms with van der Waals surface area (Å²) in [6.07, 6.45) is 4.80. The minimum Gasteiger partial charge on any atom is -0.325 e. The third kappa shape index (κ3) is 3.72. The average Bonchev–Trinajstić information content (AvgIpc) is 2.62. The minimum atomic E-state index is 0.168. The summed E-state index contributed by atoms with van der Waals surface area (Å²) >= 11 is 5.13. The van der Waals surface area contributed by atoms with Gasteiger partial charge in [0.05, 0.1) is 6.54 Å². The molecular formula is C13H19BrN2OS. The van der Waals surface area contributed by atoms with Gasteiger partial charge < -0.3 is 9.80 Å².